The first-order valence-corrected chi connectivity index (χ1v) is 10.3. The van der Waals surface area contributed by atoms with E-state index in [1.54, 1.807) is 0 Å². The largest absolute Gasteiger partial charge is 0.462 e. The molecule has 1 saturated carbocycles. The highest BCUT2D eigenvalue weighted by Gasteiger charge is 2.31. The minimum absolute atomic E-state index is 0.0540. The predicted octanol–water partition coefficient (Wildman–Crippen LogP) is 5.49. The zero-order chi connectivity index (χ0) is 19.3. The van der Waals surface area contributed by atoms with Crippen molar-refractivity contribution >= 4 is 23.3 Å². The van der Waals surface area contributed by atoms with Crippen molar-refractivity contribution in [3.8, 4) is 0 Å². The van der Waals surface area contributed by atoms with Gasteiger partial charge < -0.3 is 9.57 Å². The van der Waals surface area contributed by atoms with Gasteiger partial charge in [0.2, 0.25) is 0 Å². The number of halogens is 1. The average molecular weight is 398 g/mol. The molecule has 2 aromatic rings. The quantitative estimate of drug-likeness (QED) is 0.626. The SMILES string of the molecule is O=C(CC1CC(c2ccc(Cl)cc2)=NO1)OC1CCCCC1c1ccccc1. The lowest BCUT2D eigenvalue weighted by Gasteiger charge is -2.31. The number of hydrogen-bond donors (Lipinski definition) is 0. The van der Waals surface area contributed by atoms with Crippen LogP contribution < -0.4 is 0 Å². The van der Waals surface area contributed by atoms with Crippen LogP contribution in [0, 0.1) is 0 Å². The van der Waals surface area contributed by atoms with E-state index < -0.39 is 0 Å². The van der Waals surface area contributed by atoms with Crippen LogP contribution in [0.2, 0.25) is 5.02 Å². The molecule has 1 aliphatic heterocycles. The minimum atomic E-state index is -0.267. The fourth-order valence-corrected chi connectivity index (χ4v) is 4.20. The molecule has 4 nitrogen and oxygen atoms in total. The highest BCUT2D eigenvalue weighted by atomic mass is 35.5. The van der Waals surface area contributed by atoms with Crippen molar-refractivity contribution in [3.63, 3.8) is 0 Å². The first-order chi connectivity index (χ1) is 13.7. The molecule has 28 heavy (non-hydrogen) atoms. The molecule has 0 aromatic heterocycles. The molecule has 0 spiro atoms. The molecule has 1 heterocycles. The van der Waals surface area contributed by atoms with Crippen LogP contribution in [0.3, 0.4) is 0 Å². The van der Waals surface area contributed by atoms with Crippen molar-refractivity contribution in [2.75, 3.05) is 0 Å². The number of hydrogen-bond acceptors (Lipinski definition) is 4. The first-order valence-electron chi connectivity index (χ1n) is 9.92. The molecule has 0 N–H and O–H groups in total. The van der Waals surface area contributed by atoms with Crippen molar-refractivity contribution in [1.29, 1.82) is 0 Å². The molecule has 2 aromatic carbocycles. The van der Waals surface area contributed by atoms with E-state index in [4.69, 9.17) is 21.2 Å². The number of ether oxygens (including phenoxy) is 1. The smallest absolute Gasteiger partial charge is 0.309 e. The monoisotopic (exact) mass is 397 g/mol. The van der Waals surface area contributed by atoms with E-state index in [2.05, 4.69) is 17.3 Å². The van der Waals surface area contributed by atoms with Crippen LogP contribution in [0.25, 0.3) is 0 Å². The Balaban J connectivity index is 1.32. The highest BCUT2D eigenvalue weighted by molar-refractivity contribution is 6.30. The van der Waals surface area contributed by atoms with Gasteiger partial charge in [0.25, 0.3) is 0 Å². The van der Waals surface area contributed by atoms with Crippen LogP contribution in [-0.2, 0) is 14.4 Å². The van der Waals surface area contributed by atoms with E-state index in [0.717, 1.165) is 30.5 Å². The molecule has 1 aliphatic carbocycles. The molecule has 3 unspecified atom stereocenters. The van der Waals surface area contributed by atoms with Gasteiger partial charge in [-0.15, -0.1) is 0 Å². The summed E-state index contributed by atoms with van der Waals surface area (Å²) in [6.07, 6.45) is 4.76. The third-order valence-electron chi connectivity index (χ3n) is 5.52. The highest BCUT2D eigenvalue weighted by Crippen LogP contribution is 2.35. The van der Waals surface area contributed by atoms with Gasteiger partial charge in [-0.05, 0) is 42.5 Å². The predicted molar refractivity (Wildman–Crippen MR) is 110 cm³/mol. The summed E-state index contributed by atoms with van der Waals surface area (Å²) in [6, 6.07) is 17.8. The summed E-state index contributed by atoms with van der Waals surface area (Å²) in [5.74, 6) is 0.0784. The van der Waals surface area contributed by atoms with Crippen molar-refractivity contribution < 1.29 is 14.4 Å². The molecule has 2 aliphatic rings. The first kappa shape index (κ1) is 19.0. The molecule has 0 bridgehead atoms. The molecule has 146 valence electrons. The number of rotatable bonds is 5. The number of carbonyl (C=O) groups is 1. The van der Waals surface area contributed by atoms with E-state index >= 15 is 0 Å². The van der Waals surface area contributed by atoms with Gasteiger partial charge in [0, 0.05) is 17.4 Å². The van der Waals surface area contributed by atoms with Crippen molar-refractivity contribution in [1.82, 2.24) is 0 Å². The summed E-state index contributed by atoms with van der Waals surface area (Å²) < 4.78 is 5.89. The molecule has 0 radical (unpaired) electrons. The second-order valence-electron chi connectivity index (χ2n) is 7.51. The molecule has 3 atom stereocenters. The molecule has 1 fully saturated rings. The Labute approximate surface area is 170 Å². The zero-order valence-electron chi connectivity index (χ0n) is 15.7. The third kappa shape index (κ3) is 4.56. The maximum Gasteiger partial charge on any atom is 0.309 e. The molecule has 0 amide bonds. The van der Waals surface area contributed by atoms with E-state index in [9.17, 15) is 4.79 Å². The van der Waals surface area contributed by atoms with Crippen LogP contribution in [0.5, 0.6) is 0 Å². The topological polar surface area (TPSA) is 47.9 Å². The maximum absolute atomic E-state index is 12.6. The minimum Gasteiger partial charge on any atom is -0.462 e. The van der Waals surface area contributed by atoms with Gasteiger partial charge in [0.15, 0.2) is 0 Å². The summed E-state index contributed by atoms with van der Waals surface area (Å²) in [4.78, 5) is 18.0. The third-order valence-corrected chi connectivity index (χ3v) is 5.77. The molecule has 4 rings (SSSR count). The Morgan fingerprint density at radius 3 is 2.61 bits per heavy atom. The summed E-state index contributed by atoms with van der Waals surface area (Å²) in [7, 11) is 0. The van der Waals surface area contributed by atoms with Crippen LogP contribution >= 0.6 is 11.6 Å². The maximum atomic E-state index is 12.6. The van der Waals surface area contributed by atoms with Gasteiger partial charge in [-0.2, -0.15) is 0 Å². The van der Waals surface area contributed by atoms with Crippen molar-refractivity contribution in [2.24, 2.45) is 5.16 Å². The lowest BCUT2D eigenvalue weighted by molar-refractivity contribution is -0.154. The summed E-state index contributed by atoms with van der Waals surface area (Å²) in [5, 5.41) is 4.83. The zero-order valence-corrected chi connectivity index (χ0v) is 16.5. The van der Waals surface area contributed by atoms with E-state index in [0.29, 0.717) is 11.4 Å². The lowest BCUT2D eigenvalue weighted by atomic mass is 9.81. The van der Waals surface area contributed by atoms with Gasteiger partial charge in [0.1, 0.15) is 12.2 Å². The summed E-state index contributed by atoms with van der Waals surface area (Å²) >= 11 is 5.93. The van der Waals surface area contributed by atoms with E-state index in [-0.39, 0.29) is 30.5 Å². The van der Waals surface area contributed by atoms with E-state index in [1.165, 1.54) is 12.0 Å². The number of carbonyl (C=O) groups excluding carboxylic acids is 1. The number of nitrogens with zero attached hydrogens (tertiary/aromatic N) is 1. The standard InChI is InChI=1S/C23H24ClNO3/c24-18-12-10-17(11-13-18)21-14-19(28-25-21)15-23(26)27-22-9-5-4-8-20(22)16-6-2-1-3-7-16/h1-3,6-7,10-13,19-20,22H,4-5,8-9,14-15H2. The Morgan fingerprint density at radius 1 is 1.07 bits per heavy atom. The second kappa shape index (κ2) is 8.78. The van der Waals surface area contributed by atoms with Crippen LogP contribution in [0.15, 0.2) is 59.8 Å². The molecular formula is C23H24ClNO3. The van der Waals surface area contributed by atoms with Crippen molar-refractivity contribution in [2.45, 2.75) is 56.7 Å². The fraction of sp³-hybridized carbons (Fsp3) is 0.391. The Hall–Kier alpha value is -2.33. The normalized spacial score (nSPS) is 24.3. The lowest BCUT2D eigenvalue weighted by Crippen LogP contribution is -2.30. The average Bonchev–Trinajstić information content (AvgIpc) is 3.18. The second-order valence-corrected chi connectivity index (χ2v) is 7.95. The molecular weight excluding hydrogens is 374 g/mol. The molecule has 0 saturated heterocycles. The van der Waals surface area contributed by atoms with Crippen LogP contribution in [0.1, 0.15) is 55.6 Å². The summed E-state index contributed by atoms with van der Waals surface area (Å²) in [5.41, 5.74) is 3.07. The van der Waals surface area contributed by atoms with E-state index in [1.807, 2.05) is 42.5 Å². The number of esters is 1. The Bertz CT molecular complexity index is 835. The van der Waals surface area contributed by atoms with Gasteiger partial charge in [-0.3, -0.25) is 4.79 Å². The summed E-state index contributed by atoms with van der Waals surface area (Å²) in [6.45, 7) is 0. The number of benzene rings is 2. The fourth-order valence-electron chi connectivity index (χ4n) is 4.07. The Kier molecular flexibility index (Phi) is 5.96. The van der Waals surface area contributed by atoms with Gasteiger partial charge >= 0.3 is 5.97 Å². The van der Waals surface area contributed by atoms with Crippen molar-refractivity contribution in [3.05, 3.63) is 70.7 Å². The molecule has 5 heteroatoms. The Morgan fingerprint density at radius 2 is 1.82 bits per heavy atom. The van der Waals surface area contributed by atoms with Gasteiger partial charge in [-0.25, -0.2) is 0 Å². The van der Waals surface area contributed by atoms with Gasteiger partial charge in [0.05, 0.1) is 12.1 Å². The van der Waals surface area contributed by atoms with Crippen LogP contribution in [-0.4, -0.2) is 23.9 Å². The van der Waals surface area contributed by atoms with Gasteiger partial charge in [-0.1, -0.05) is 65.6 Å². The van der Waals surface area contributed by atoms with Crippen LogP contribution in [0.4, 0.5) is 0 Å². The number of oxime groups is 1.